The molecule has 2 N–H and O–H groups in total. The van der Waals surface area contributed by atoms with Crippen LogP contribution in [0.25, 0.3) is 23.0 Å². The molecule has 1 aromatic carbocycles. The SMILES string of the molecule is COc1cc(-c2noc(-c3cccc(F)c3N)n2)ncn1. The third-order valence-corrected chi connectivity index (χ3v) is 2.79. The van der Waals surface area contributed by atoms with E-state index in [9.17, 15) is 4.39 Å². The summed E-state index contributed by atoms with van der Waals surface area (Å²) in [6, 6.07) is 5.92. The third-order valence-electron chi connectivity index (χ3n) is 2.79. The van der Waals surface area contributed by atoms with Crippen molar-refractivity contribution in [3.8, 4) is 28.9 Å². The largest absolute Gasteiger partial charge is 0.481 e. The van der Waals surface area contributed by atoms with Crippen molar-refractivity contribution < 1.29 is 13.7 Å². The summed E-state index contributed by atoms with van der Waals surface area (Å²) in [7, 11) is 1.49. The number of nitrogens with zero attached hydrogens (tertiary/aromatic N) is 4. The first-order valence-corrected chi connectivity index (χ1v) is 5.93. The minimum Gasteiger partial charge on any atom is -0.481 e. The molecule has 0 saturated carbocycles. The van der Waals surface area contributed by atoms with Crippen LogP contribution in [0.2, 0.25) is 0 Å². The molecule has 0 fully saturated rings. The van der Waals surface area contributed by atoms with E-state index in [2.05, 4.69) is 20.1 Å². The van der Waals surface area contributed by atoms with Crippen molar-refractivity contribution in [3.05, 3.63) is 36.4 Å². The lowest BCUT2D eigenvalue weighted by molar-refractivity contribution is 0.397. The Balaban J connectivity index is 2.01. The molecule has 0 unspecified atom stereocenters. The van der Waals surface area contributed by atoms with Crippen molar-refractivity contribution in [1.82, 2.24) is 20.1 Å². The first-order chi connectivity index (χ1) is 10.2. The van der Waals surface area contributed by atoms with Gasteiger partial charge in [0.1, 0.15) is 17.8 Å². The first kappa shape index (κ1) is 13.0. The highest BCUT2D eigenvalue weighted by Crippen LogP contribution is 2.28. The van der Waals surface area contributed by atoms with E-state index < -0.39 is 5.82 Å². The monoisotopic (exact) mass is 287 g/mol. The molecule has 3 rings (SSSR count). The minimum absolute atomic E-state index is 0.0482. The number of benzene rings is 1. The van der Waals surface area contributed by atoms with Crippen molar-refractivity contribution in [2.45, 2.75) is 0 Å². The Bertz CT molecular complexity index is 790. The van der Waals surface area contributed by atoms with Gasteiger partial charge in [-0.05, 0) is 12.1 Å². The van der Waals surface area contributed by atoms with E-state index in [4.69, 9.17) is 15.0 Å². The van der Waals surface area contributed by atoms with Crippen molar-refractivity contribution in [3.63, 3.8) is 0 Å². The quantitative estimate of drug-likeness (QED) is 0.734. The maximum absolute atomic E-state index is 13.4. The average molecular weight is 287 g/mol. The van der Waals surface area contributed by atoms with Crippen molar-refractivity contribution in [1.29, 1.82) is 0 Å². The summed E-state index contributed by atoms with van der Waals surface area (Å²) in [6.07, 6.45) is 1.32. The number of nitrogens with two attached hydrogens (primary N) is 1. The van der Waals surface area contributed by atoms with Crippen LogP contribution in [0.3, 0.4) is 0 Å². The lowest BCUT2D eigenvalue weighted by Crippen LogP contribution is -1.94. The summed E-state index contributed by atoms with van der Waals surface area (Å²) < 4.78 is 23.5. The highest BCUT2D eigenvalue weighted by atomic mass is 19.1. The van der Waals surface area contributed by atoms with Gasteiger partial charge in [-0.2, -0.15) is 4.98 Å². The van der Waals surface area contributed by atoms with Crippen LogP contribution in [0.4, 0.5) is 10.1 Å². The van der Waals surface area contributed by atoms with Crippen LogP contribution in [0.15, 0.2) is 35.1 Å². The van der Waals surface area contributed by atoms with Gasteiger partial charge < -0.3 is 15.0 Å². The minimum atomic E-state index is -0.545. The molecule has 106 valence electrons. The lowest BCUT2D eigenvalue weighted by atomic mass is 10.2. The van der Waals surface area contributed by atoms with Crippen LogP contribution in [-0.4, -0.2) is 27.2 Å². The van der Waals surface area contributed by atoms with Crippen LogP contribution >= 0.6 is 0 Å². The summed E-state index contributed by atoms with van der Waals surface area (Å²) in [5.74, 6) is 0.168. The van der Waals surface area contributed by atoms with Crippen LogP contribution in [0.5, 0.6) is 5.88 Å². The fourth-order valence-corrected chi connectivity index (χ4v) is 1.73. The van der Waals surface area contributed by atoms with Gasteiger partial charge in [0.2, 0.25) is 11.7 Å². The third kappa shape index (κ3) is 2.38. The molecular formula is C13H10FN5O2. The Morgan fingerprint density at radius 3 is 2.95 bits per heavy atom. The van der Waals surface area contributed by atoms with Crippen LogP contribution in [-0.2, 0) is 0 Å². The fourth-order valence-electron chi connectivity index (χ4n) is 1.73. The molecule has 0 bridgehead atoms. The smallest absolute Gasteiger partial charge is 0.260 e. The number of anilines is 1. The summed E-state index contributed by atoms with van der Waals surface area (Å²) >= 11 is 0. The van der Waals surface area contributed by atoms with Crippen LogP contribution in [0.1, 0.15) is 0 Å². The Labute approximate surface area is 118 Å². The van der Waals surface area contributed by atoms with E-state index in [0.717, 1.165) is 0 Å². The fraction of sp³-hybridized carbons (Fsp3) is 0.0769. The number of para-hydroxylation sites is 1. The molecule has 8 heteroatoms. The van der Waals surface area contributed by atoms with Gasteiger partial charge >= 0.3 is 0 Å². The highest BCUT2D eigenvalue weighted by molar-refractivity contribution is 5.71. The molecular weight excluding hydrogens is 277 g/mol. The zero-order chi connectivity index (χ0) is 14.8. The Kier molecular flexibility index (Phi) is 3.19. The van der Waals surface area contributed by atoms with E-state index in [1.54, 1.807) is 12.1 Å². The lowest BCUT2D eigenvalue weighted by Gasteiger charge is -2.00. The summed E-state index contributed by atoms with van der Waals surface area (Å²) in [6.45, 7) is 0. The van der Waals surface area contributed by atoms with Gasteiger partial charge in [-0.25, -0.2) is 14.4 Å². The first-order valence-electron chi connectivity index (χ1n) is 5.93. The van der Waals surface area contributed by atoms with Gasteiger partial charge in [-0.1, -0.05) is 11.2 Å². The molecule has 7 nitrogen and oxygen atoms in total. The second kappa shape index (κ2) is 5.16. The Morgan fingerprint density at radius 1 is 1.29 bits per heavy atom. The van der Waals surface area contributed by atoms with Gasteiger partial charge in [0, 0.05) is 6.07 Å². The molecule has 2 heterocycles. The molecule has 21 heavy (non-hydrogen) atoms. The second-order valence-electron chi connectivity index (χ2n) is 4.07. The normalized spacial score (nSPS) is 10.6. The summed E-state index contributed by atoms with van der Waals surface area (Å²) in [5.41, 5.74) is 6.36. The molecule has 0 radical (unpaired) electrons. The van der Waals surface area contributed by atoms with E-state index in [-0.39, 0.29) is 17.4 Å². The van der Waals surface area contributed by atoms with Crippen LogP contribution in [0, 0.1) is 5.82 Å². The highest BCUT2D eigenvalue weighted by Gasteiger charge is 2.16. The Morgan fingerprint density at radius 2 is 2.14 bits per heavy atom. The van der Waals surface area contributed by atoms with Crippen molar-refractivity contribution >= 4 is 5.69 Å². The molecule has 2 aromatic heterocycles. The topological polar surface area (TPSA) is 100.0 Å². The number of rotatable bonds is 3. The van der Waals surface area contributed by atoms with Gasteiger partial charge in [-0.3, -0.25) is 0 Å². The summed E-state index contributed by atoms with van der Waals surface area (Å²) in [4.78, 5) is 12.1. The van der Waals surface area contributed by atoms with E-state index in [1.807, 2.05) is 0 Å². The molecule has 3 aromatic rings. The maximum atomic E-state index is 13.4. The molecule has 0 saturated heterocycles. The molecule has 0 spiro atoms. The molecule has 0 aliphatic rings. The van der Waals surface area contributed by atoms with Gasteiger partial charge in [0.15, 0.2) is 0 Å². The number of methoxy groups -OCH3 is 1. The second-order valence-corrected chi connectivity index (χ2v) is 4.07. The van der Waals surface area contributed by atoms with Crippen molar-refractivity contribution in [2.24, 2.45) is 0 Å². The average Bonchev–Trinajstić information content (AvgIpc) is 3.00. The van der Waals surface area contributed by atoms with E-state index in [0.29, 0.717) is 17.1 Å². The standard InChI is InChI=1S/C13H10FN5O2/c1-20-10-5-9(16-6-17-10)12-18-13(21-19-12)7-3-2-4-8(14)11(7)15/h2-6H,15H2,1H3. The number of ether oxygens (including phenoxy) is 1. The maximum Gasteiger partial charge on any atom is 0.260 e. The number of nitrogen functional groups attached to an aromatic ring is 1. The van der Waals surface area contributed by atoms with Crippen LogP contribution < -0.4 is 10.5 Å². The van der Waals surface area contributed by atoms with Gasteiger partial charge in [0.25, 0.3) is 5.89 Å². The molecule has 0 amide bonds. The zero-order valence-electron chi connectivity index (χ0n) is 10.9. The molecule has 0 atom stereocenters. The number of hydrogen-bond acceptors (Lipinski definition) is 7. The molecule has 0 aliphatic carbocycles. The van der Waals surface area contributed by atoms with Gasteiger partial charge in [-0.15, -0.1) is 0 Å². The predicted molar refractivity (Wildman–Crippen MR) is 71.7 cm³/mol. The zero-order valence-corrected chi connectivity index (χ0v) is 10.9. The number of hydrogen-bond donors (Lipinski definition) is 1. The van der Waals surface area contributed by atoms with Crippen molar-refractivity contribution in [2.75, 3.05) is 12.8 Å². The predicted octanol–water partition coefficient (Wildman–Crippen LogP) is 1.92. The molecule has 0 aliphatic heterocycles. The Hall–Kier alpha value is -3.03. The summed E-state index contributed by atoms with van der Waals surface area (Å²) in [5, 5.41) is 3.80. The van der Waals surface area contributed by atoms with E-state index in [1.165, 1.54) is 25.6 Å². The van der Waals surface area contributed by atoms with E-state index >= 15 is 0 Å². The van der Waals surface area contributed by atoms with Gasteiger partial charge in [0.05, 0.1) is 18.4 Å². The number of aromatic nitrogens is 4. The number of halogens is 1.